The number of anilines is 1. The summed E-state index contributed by atoms with van der Waals surface area (Å²) in [5.41, 5.74) is 3.91. The maximum atomic E-state index is 13.4. The van der Waals surface area contributed by atoms with Crippen LogP contribution in [0.25, 0.3) is 0 Å². The zero-order chi connectivity index (χ0) is 15.8. The van der Waals surface area contributed by atoms with Crippen LogP contribution in [0.2, 0.25) is 0 Å². The van der Waals surface area contributed by atoms with Gasteiger partial charge in [0.25, 0.3) is 5.91 Å². The third kappa shape index (κ3) is 2.93. The van der Waals surface area contributed by atoms with Crippen LogP contribution in [0.1, 0.15) is 34.3 Å². The first kappa shape index (κ1) is 14.2. The molecule has 1 heterocycles. The monoisotopic (exact) mass is 310 g/mol. The van der Waals surface area contributed by atoms with Gasteiger partial charge < -0.3 is 10.2 Å². The van der Waals surface area contributed by atoms with Crippen molar-refractivity contribution >= 4 is 11.6 Å². The number of nitrogens with zero attached hydrogens (tertiary/aromatic N) is 1. The molecule has 3 nitrogen and oxygen atoms in total. The van der Waals surface area contributed by atoms with Crippen molar-refractivity contribution in [2.24, 2.45) is 0 Å². The number of carbonyl (C=O) groups is 1. The van der Waals surface area contributed by atoms with Crippen LogP contribution >= 0.6 is 0 Å². The van der Waals surface area contributed by atoms with Gasteiger partial charge in [-0.2, -0.15) is 0 Å². The molecule has 1 aliphatic heterocycles. The highest BCUT2D eigenvalue weighted by Gasteiger charge is 2.33. The molecule has 23 heavy (non-hydrogen) atoms. The minimum absolute atomic E-state index is 0.0476. The van der Waals surface area contributed by atoms with Crippen molar-refractivity contribution in [3.05, 3.63) is 65.0 Å². The van der Waals surface area contributed by atoms with Crippen molar-refractivity contribution < 1.29 is 9.18 Å². The second-order valence-electron chi connectivity index (χ2n) is 6.34. The molecule has 2 aromatic carbocycles. The molecule has 2 aliphatic rings. The number of carbonyl (C=O) groups excluding carboxylic acids is 1. The van der Waals surface area contributed by atoms with Crippen LogP contribution in [0.5, 0.6) is 0 Å². The molecule has 0 unspecified atom stereocenters. The number of hydrogen-bond acceptors (Lipinski definition) is 2. The molecule has 0 bridgehead atoms. The van der Waals surface area contributed by atoms with E-state index in [4.69, 9.17) is 0 Å². The molecule has 1 fully saturated rings. The Morgan fingerprint density at radius 1 is 1.22 bits per heavy atom. The summed E-state index contributed by atoms with van der Waals surface area (Å²) in [5.74, 6) is -0.208. The molecule has 1 N–H and O–H groups in total. The van der Waals surface area contributed by atoms with E-state index in [0.29, 0.717) is 6.54 Å². The highest BCUT2D eigenvalue weighted by Crippen LogP contribution is 2.31. The van der Waals surface area contributed by atoms with Crippen LogP contribution in [-0.4, -0.2) is 23.4 Å². The van der Waals surface area contributed by atoms with Crippen LogP contribution in [0.4, 0.5) is 10.1 Å². The van der Waals surface area contributed by atoms with Gasteiger partial charge in [-0.05, 0) is 60.7 Å². The van der Waals surface area contributed by atoms with Gasteiger partial charge in [-0.25, -0.2) is 4.39 Å². The number of hydrogen-bond donors (Lipinski definition) is 1. The van der Waals surface area contributed by atoms with Gasteiger partial charge in [-0.3, -0.25) is 4.79 Å². The van der Waals surface area contributed by atoms with Crippen molar-refractivity contribution in [1.82, 2.24) is 4.90 Å². The van der Waals surface area contributed by atoms with Crippen molar-refractivity contribution in [1.29, 1.82) is 0 Å². The molecule has 0 radical (unpaired) electrons. The van der Waals surface area contributed by atoms with Gasteiger partial charge >= 0.3 is 0 Å². The first-order valence-electron chi connectivity index (χ1n) is 8.13. The van der Waals surface area contributed by atoms with Gasteiger partial charge in [0.1, 0.15) is 5.82 Å². The van der Waals surface area contributed by atoms with Crippen LogP contribution in [-0.2, 0) is 13.0 Å². The predicted molar refractivity (Wildman–Crippen MR) is 87.9 cm³/mol. The van der Waals surface area contributed by atoms with E-state index in [1.807, 2.05) is 29.2 Å². The first-order chi connectivity index (χ1) is 11.2. The SMILES string of the molecule is O=C(c1ccc2c(c1)CCN2)N(Cc1cccc(F)c1)C1CC1. The molecule has 1 amide bonds. The van der Waals surface area contributed by atoms with E-state index in [2.05, 4.69) is 5.32 Å². The molecule has 2 aromatic rings. The molecule has 4 rings (SSSR count). The van der Waals surface area contributed by atoms with E-state index in [1.165, 1.54) is 17.7 Å². The third-order valence-corrected chi connectivity index (χ3v) is 4.55. The molecule has 1 saturated carbocycles. The Labute approximate surface area is 135 Å². The molecule has 1 aliphatic carbocycles. The molecule has 0 aromatic heterocycles. The van der Waals surface area contributed by atoms with Crippen molar-refractivity contribution in [3.8, 4) is 0 Å². The Morgan fingerprint density at radius 3 is 2.87 bits per heavy atom. The van der Waals surface area contributed by atoms with Gasteiger partial charge in [-0.1, -0.05) is 12.1 Å². The fraction of sp³-hybridized carbons (Fsp3) is 0.316. The van der Waals surface area contributed by atoms with E-state index in [1.54, 1.807) is 6.07 Å². The van der Waals surface area contributed by atoms with Gasteiger partial charge in [0, 0.05) is 30.4 Å². The maximum Gasteiger partial charge on any atom is 0.254 e. The summed E-state index contributed by atoms with van der Waals surface area (Å²) in [6, 6.07) is 12.7. The van der Waals surface area contributed by atoms with E-state index in [-0.39, 0.29) is 17.8 Å². The smallest absolute Gasteiger partial charge is 0.254 e. The van der Waals surface area contributed by atoms with Crippen LogP contribution in [0.15, 0.2) is 42.5 Å². The number of amides is 1. The Morgan fingerprint density at radius 2 is 2.09 bits per heavy atom. The number of benzene rings is 2. The first-order valence-corrected chi connectivity index (χ1v) is 8.13. The van der Waals surface area contributed by atoms with Gasteiger partial charge in [0.15, 0.2) is 0 Å². The van der Waals surface area contributed by atoms with Crippen LogP contribution in [0.3, 0.4) is 0 Å². The summed E-state index contributed by atoms with van der Waals surface area (Å²) in [7, 11) is 0. The molecular formula is C19H19FN2O. The average molecular weight is 310 g/mol. The average Bonchev–Trinajstić information content (AvgIpc) is 3.28. The third-order valence-electron chi connectivity index (χ3n) is 4.55. The number of halogens is 1. The Hall–Kier alpha value is -2.36. The summed E-state index contributed by atoms with van der Waals surface area (Å²) in [4.78, 5) is 14.8. The summed E-state index contributed by atoms with van der Waals surface area (Å²) < 4.78 is 13.4. The second kappa shape index (κ2) is 5.69. The summed E-state index contributed by atoms with van der Waals surface area (Å²) in [6.07, 6.45) is 3.03. The van der Waals surface area contributed by atoms with Gasteiger partial charge in [-0.15, -0.1) is 0 Å². The summed E-state index contributed by atoms with van der Waals surface area (Å²) in [5, 5.41) is 3.31. The van der Waals surface area contributed by atoms with Crippen LogP contribution < -0.4 is 5.32 Å². The second-order valence-corrected chi connectivity index (χ2v) is 6.34. The highest BCUT2D eigenvalue weighted by atomic mass is 19.1. The molecular weight excluding hydrogens is 291 g/mol. The van der Waals surface area contributed by atoms with E-state index >= 15 is 0 Å². The maximum absolute atomic E-state index is 13.4. The van der Waals surface area contributed by atoms with E-state index in [9.17, 15) is 9.18 Å². The predicted octanol–water partition coefficient (Wildman–Crippen LogP) is 3.60. The minimum Gasteiger partial charge on any atom is -0.384 e. The lowest BCUT2D eigenvalue weighted by Crippen LogP contribution is -2.32. The largest absolute Gasteiger partial charge is 0.384 e. The molecule has 0 atom stereocenters. The topological polar surface area (TPSA) is 32.3 Å². The quantitative estimate of drug-likeness (QED) is 0.936. The highest BCUT2D eigenvalue weighted by molar-refractivity contribution is 5.95. The summed E-state index contributed by atoms with van der Waals surface area (Å²) in [6.45, 7) is 1.40. The number of fused-ring (bicyclic) bond motifs is 1. The van der Waals surface area contributed by atoms with Crippen molar-refractivity contribution in [2.45, 2.75) is 31.8 Å². The molecule has 118 valence electrons. The zero-order valence-corrected chi connectivity index (χ0v) is 12.9. The molecule has 4 heteroatoms. The summed E-state index contributed by atoms with van der Waals surface area (Å²) >= 11 is 0. The lowest BCUT2D eigenvalue weighted by molar-refractivity contribution is 0.0729. The Balaban J connectivity index is 1.58. The minimum atomic E-state index is -0.255. The lowest BCUT2D eigenvalue weighted by Gasteiger charge is -2.23. The van der Waals surface area contributed by atoms with Gasteiger partial charge in [0.05, 0.1) is 0 Å². The standard InChI is InChI=1S/C19H19FN2O/c20-16-3-1-2-13(10-16)12-22(17-5-6-17)19(23)15-4-7-18-14(11-15)8-9-21-18/h1-4,7,10-11,17,21H,5-6,8-9,12H2. The van der Waals surface area contributed by atoms with Crippen LogP contribution in [0, 0.1) is 5.82 Å². The van der Waals surface area contributed by atoms with Gasteiger partial charge in [0.2, 0.25) is 0 Å². The number of nitrogens with one attached hydrogen (secondary N) is 1. The van der Waals surface area contributed by atoms with E-state index in [0.717, 1.165) is 42.6 Å². The van der Waals surface area contributed by atoms with Crippen molar-refractivity contribution in [3.63, 3.8) is 0 Å². The molecule has 0 saturated heterocycles. The van der Waals surface area contributed by atoms with E-state index < -0.39 is 0 Å². The Bertz CT molecular complexity index is 755. The fourth-order valence-corrected chi connectivity index (χ4v) is 3.19. The zero-order valence-electron chi connectivity index (χ0n) is 12.9. The molecule has 0 spiro atoms. The normalized spacial score (nSPS) is 15.9. The fourth-order valence-electron chi connectivity index (χ4n) is 3.19. The lowest BCUT2D eigenvalue weighted by atomic mass is 10.1. The van der Waals surface area contributed by atoms with Crippen molar-refractivity contribution in [2.75, 3.05) is 11.9 Å². The Kier molecular flexibility index (Phi) is 3.52. The number of rotatable bonds is 4.